The molecular formula is C12H25NO2. The van der Waals surface area contributed by atoms with E-state index in [1.165, 1.54) is 0 Å². The molecule has 0 heterocycles. The monoisotopic (exact) mass is 215 g/mol. The van der Waals surface area contributed by atoms with Crippen molar-refractivity contribution in [3.05, 3.63) is 0 Å². The molecule has 2 N–H and O–H groups in total. The summed E-state index contributed by atoms with van der Waals surface area (Å²) in [4.78, 5) is 11.3. The summed E-state index contributed by atoms with van der Waals surface area (Å²) in [6.45, 7) is 8.79. The molecule has 0 saturated carbocycles. The van der Waals surface area contributed by atoms with Gasteiger partial charge in [-0.1, -0.05) is 13.8 Å². The third kappa shape index (κ3) is 7.37. The van der Waals surface area contributed by atoms with Crippen molar-refractivity contribution in [1.82, 2.24) is 0 Å². The summed E-state index contributed by atoms with van der Waals surface area (Å²) >= 11 is 0. The zero-order valence-electron chi connectivity index (χ0n) is 10.5. The third-order valence-electron chi connectivity index (χ3n) is 2.57. The second-order valence-electron chi connectivity index (χ2n) is 4.66. The lowest BCUT2D eigenvalue weighted by molar-refractivity contribution is -0.147. The maximum Gasteiger partial charge on any atom is 0.306 e. The van der Waals surface area contributed by atoms with E-state index in [-0.39, 0.29) is 12.1 Å². The molecule has 1 unspecified atom stereocenters. The van der Waals surface area contributed by atoms with Crippen LogP contribution in [0.3, 0.4) is 0 Å². The summed E-state index contributed by atoms with van der Waals surface area (Å²) in [5.74, 6) is 1.03. The topological polar surface area (TPSA) is 52.3 Å². The van der Waals surface area contributed by atoms with Gasteiger partial charge in [-0.05, 0) is 45.1 Å². The van der Waals surface area contributed by atoms with Crippen LogP contribution in [0.4, 0.5) is 0 Å². The largest absolute Gasteiger partial charge is 0.463 e. The van der Waals surface area contributed by atoms with Gasteiger partial charge in [-0.25, -0.2) is 0 Å². The zero-order chi connectivity index (χ0) is 11.8. The van der Waals surface area contributed by atoms with Crippen LogP contribution in [-0.4, -0.2) is 18.6 Å². The molecule has 3 heteroatoms. The number of hydrogen-bond acceptors (Lipinski definition) is 3. The molecule has 0 amide bonds. The number of ether oxygens (including phenoxy) is 1. The lowest BCUT2D eigenvalue weighted by Crippen LogP contribution is -2.17. The normalized spacial score (nSPS) is 13.3. The summed E-state index contributed by atoms with van der Waals surface area (Å²) in [6.07, 6.45) is 2.39. The number of carbonyl (C=O) groups excluding carboxylic acids is 1. The fraction of sp³-hybridized carbons (Fsp3) is 0.917. The third-order valence-corrected chi connectivity index (χ3v) is 2.57. The summed E-state index contributed by atoms with van der Waals surface area (Å²) in [7, 11) is 0. The van der Waals surface area contributed by atoms with Crippen molar-refractivity contribution < 1.29 is 9.53 Å². The molecule has 0 aromatic rings. The van der Waals surface area contributed by atoms with E-state index in [0.29, 0.717) is 24.8 Å². The lowest BCUT2D eigenvalue weighted by atomic mass is 9.88. The van der Waals surface area contributed by atoms with Crippen LogP contribution < -0.4 is 5.73 Å². The number of carbonyl (C=O) groups is 1. The molecule has 0 rings (SSSR count). The molecule has 90 valence electrons. The second-order valence-corrected chi connectivity index (χ2v) is 4.66. The first-order valence-corrected chi connectivity index (χ1v) is 5.86. The maximum absolute atomic E-state index is 11.3. The average Bonchev–Trinajstić information content (AvgIpc) is 2.10. The van der Waals surface area contributed by atoms with Gasteiger partial charge < -0.3 is 10.5 Å². The van der Waals surface area contributed by atoms with Crippen LogP contribution >= 0.6 is 0 Å². The fourth-order valence-corrected chi connectivity index (χ4v) is 1.65. The number of nitrogens with two attached hydrogens (primary N) is 1. The van der Waals surface area contributed by atoms with Gasteiger partial charge in [0.15, 0.2) is 0 Å². The van der Waals surface area contributed by atoms with Gasteiger partial charge in [-0.15, -0.1) is 0 Å². The standard InChI is InChI=1S/C12H25NO2/c1-9(2)11(7-8-13)5-6-12(14)15-10(3)4/h9-11H,5-8,13H2,1-4H3. The minimum atomic E-state index is -0.0901. The highest BCUT2D eigenvalue weighted by atomic mass is 16.5. The van der Waals surface area contributed by atoms with Crippen LogP contribution in [0.1, 0.15) is 47.0 Å². The van der Waals surface area contributed by atoms with E-state index in [1.54, 1.807) is 0 Å². The van der Waals surface area contributed by atoms with Crippen molar-refractivity contribution in [2.24, 2.45) is 17.6 Å². The highest BCUT2D eigenvalue weighted by Gasteiger charge is 2.15. The summed E-state index contributed by atoms with van der Waals surface area (Å²) in [6, 6.07) is 0. The Balaban J connectivity index is 3.83. The Morgan fingerprint density at radius 2 is 1.80 bits per heavy atom. The predicted octanol–water partition coefficient (Wildman–Crippen LogP) is 2.34. The van der Waals surface area contributed by atoms with Gasteiger partial charge in [-0.3, -0.25) is 4.79 Å². The van der Waals surface area contributed by atoms with Crippen LogP contribution in [0.5, 0.6) is 0 Å². The summed E-state index contributed by atoms with van der Waals surface area (Å²) < 4.78 is 5.09. The number of esters is 1. The van der Waals surface area contributed by atoms with E-state index in [1.807, 2.05) is 13.8 Å². The highest BCUT2D eigenvalue weighted by Crippen LogP contribution is 2.20. The van der Waals surface area contributed by atoms with Crippen LogP contribution in [-0.2, 0) is 9.53 Å². The van der Waals surface area contributed by atoms with Crippen molar-refractivity contribution in [2.45, 2.75) is 53.1 Å². The summed E-state index contributed by atoms with van der Waals surface area (Å²) in [5.41, 5.74) is 5.54. The van der Waals surface area contributed by atoms with Gasteiger partial charge in [-0.2, -0.15) is 0 Å². The van der Waals surface area contributed by atoms with E-state index < -0.39 is 0 Å². The van der Waals surface area contributed by atoms with Gasteiger partial charge in [0.05, 0.1) is 6.10 Å². The van der Waals surface area contributed by atoms with Gasteiger partial charge in [0.1, 0.15) is 0 Å². The van der Waals surface area contributed by atoms with Gasteiger partial charge >= 0.3 is 5.97 Å². The van der Waals surface area contributed by atoms with Gasteiger partial charge in [0.25, 0.3) is 0 Å². The summed E-state index contributed by atoms with van der Waals surface area (Å²) in [5, 5.41) is 0. The maximum atomic E-state index is 11.3. The molecule has 0 fully saturated rings. The SMILES string of the molecule is CC(C)OC(=O)CCC(CCN)C(C)C. The highest BCUT2D eigenvalue weighted by molar-refractivity contribution is 5.69. The first kappa shape index (κ1) is 14.4. The quantitative estimate of drug-likeness (QED) is 0.663. The van der Waals surface area contributed by atoms with E-state index in [0.717, 1.165) is 12.8 Å². The first-order chi connectivity index (χ1) is 6.97. The Bertz CT molecular complexity index is 178. The Kier molecular flexibility index (Phi) is 7.39. The zero-order valence-corrected chi connectivity index (χ0v) is 10.5. The van der Waals surface area contributed by atoms with E-state index in [2.05, 4.69) is 13.8 Å². The smallest absolute Gasteiger partial charge is 0.306 e. The van der Waals surface area contributed by atoms with Crippen molar-refractivity contribution in [2.75, 3.05) is 6.54 Å². The Morgan fingerprint density at radius 1 is 1.20 bits per heavy atom. The minimum absolute atomic E-state index is 0.00971. The molecule has 0 aliphatic rings. The van der Waals surface area contributed by atoms with Crippen LogP contribution in [0.15, 0.2) is 0 Å². The van der Waals surface area contributed by atoms with Gasteiger partial charge in [0, 0.05) is 6.42 Å². The number of hydrogen-bond donors (Lipinski definition) is 1. The molecule has 0 aliphatic carbocycles. The molecule has 0 bridgehead atoms. The fourth-order valence-electron chi connectivity index (χ4n) is 1.65. The molecule has 0 aromatic heterocycles. The first-order valence-electron chi connectivity index (χ1n) is 5.86. The van der Waals surface area contributed by atoms with Crippen molar-refractivity contribution in [3.63, 3.8) is 0 Å². The minimum Gasteiger partial charge on any atom is -0.463 e. The molecule has 0 aromatic carbocycles. The average molecular weight is 215 g/mol. The van der Waals surface area contributed by atoms with E-state index >= 15 is 0 Å². The Morgan fingerprint density at radius 3 is 2.20 bits per heavy atom. The van der Waals surface area contributed by atoms with Crippen LogP contribution in [0.2, 0.25) is 0 Å². The van der Waals surface area contributed by atoms with Gasteiger partial charge in [0.2, 0.25) is 0 Å². The molecule has 1 atom stereocenters. The molecule has 0 saturated heterocycles. The van der Waals surface area contributed by atoms with E-state index in [9.17, 15) is 4.79 Å². The molecule has 0 aliphatic heterocycles. The van der Waals surface area contributed by atoms with Crippen molar-refractivity contribution >= 4 is 5.97 Å². The predicted molar refractivity (Wildman–Crippen MR) is 62.5 cm³/mol. The molecule has 15 heavy (non-hydrogen) atoms. The lowest BCUT2D eigenvalue weighted by Gasteiger charge is -2.19. The molecule has 0 spiro atoms. The van der Waals surface area contributed by atoms with Crippen molar-refractivity contribution in [1.29, 1.82) is 0 Å². The Labute approximate surface area is 93.4 Å². The van der Waals surface area contributed by atoms with E-state index in [4.69, 9.17) is 10.5 Å². The van der Waals surface area contributed by atoms with Crippen LogP contribution in [0, 0.1) is 11.8 Å². The van der Waals surface area contributed by atoms with Crippen molar-refractivity contribution in [3.8, 4) is 0 Å². The Hall–Kier alpha value is -0.570. The molecule has 3 nitrogen and oxygen atoms in total. The van der Waals surface area contributed by atoms with Crippen LogP contribution in [0.25, 0.3) is 0 Å². The second kappa shape index (κ2) is 7.69. The number of rotatable bonds is 7. The molecular weight excluding hydrogens is 190 g/mol. The molecule has 0 radical (unpaired) electrons.